The average molecular weight is 421 g/mol. The van der Waals surface area contributed by atoms with Crippen molar-refractivity contribution in [1.82, 2.24) is 20.1 Å². The van der Waals surface area contributed by atoms with Crippen LogP contribution in [0.25, 0.3) is 0 Å². The Morgan fingerprint density at radius 2 is 2.10 bits per heavy atom. The van der Waals surface area contributed by atoms with Crippen LogP contribution in [0.5, 0.6) is 0 Å². The smallest absolute Gasteiger partial charge is 0.225 e. The molecule has 3 heterocycles. The van der Waals surface area contributed by atoms with Crippen molar-refractivity contribution < 1.29 is 14.3 Å². The maximum Gasteiger partial charge on any atom is 0.225 e. The molecule has 3 fully saturated rings. The maximum atomic E-state index is 12.7. The van der Waals surface area contributed by atoms with Crippen molar-refractivity contribution in [2.45, 2.75) is 64.3 Å². The first-order valence-electron chi connectivity index (χ1n) is 10.9. The highest BCUT2D eigenvalue weighted by atomic mass is 32.1. The topological polar surface area (TPSA) is 74.8 Å². The third-order valence-corrected chi connectivity index (χ3v) is 7.20. The number of ether oxygens (including phenoxy) is 1. The molecule has 0 bridgehead atoms. The Labute approximate surface area is 176 Å². The van der Waals surface area contributed by atoms with Gasteiger partial charge in [0.25, 0.3) is 0 Å². The Hall–Kier alpha value is -1.51. The number of nitrogens with zero attached hydrogens (tertiary/aromatic N) is 3. The molecular weight excluding hydrogens is 388 g/mol. The maximum absolute atomic E-state index is 12.7. The van der Waals surface area contributed by atoms with Gasteiger partial charge >= 0.3 is 0 Å². The molecule has 2 amide bonds. The molecule has 1 aromatic rings. The standard InChI is InChI=1S/C21H32N4O3S/c1-3-24(4-2)20(27)8-18-21-14(7-19(26)23-15-5-6-15)9-25(17(21)11-28-18)10-16-12-29-13-22-16/h12-15,17-18,21H,3-11H2,1-2H3,(H,23,26)/t14-,17-,18+,21-/m1/s1. The molecular formula is C21H32N4O3S. The van der Waals surface area contributed by atoms with E-state index in [1.165, 1.54) is 0 Å². The minimum absolute atomic E-state index is 0.104. The first-order valence-corrected chi connectivity index (χ1v) is 11.8. The molecule has 1 aliphatic carbocycles. The molecule has 4 atom stereocenters. The van der Waals surface area contributed by atoms with Gasteiger partial charge in [-0.1, -0.05) is 0 Å². The van der Waals surface area contributed by atoms with E-state index in [9.17, 15) is 9.59 Å². The van der Waals surface area contributed by atoms with Crippen LogP contribution < -0.4 is 5.32 Å². The summed E-state index contributed by atoms with van der Waals surface area (Å²) in [5, 5.41) is 5.21. The molecule has 0 unspecified atom stereocenters. The third-order valence-electron chi connectivity index (χ3n) is 6.57. The van der Waals surface area contributed by atoms with Gasteiger partial charge < -0.3 is 15.0 Å². The number of fused-ring (bicyclic) bond motifs is 1. The van der Waals surface area contributed by atoms with Crippen LogP contribution in [0.4, 0.5) is 0 Å². The molecule has 2 aliphatic heterocycles. The summed E-state index contributed by atoms with van der Waals surface area (Å²) in [5.74, 6) is 0.736. The molecule has 7 nitrogen and oxygen atoms in total. The molecule has 29 heavy (non-hydrogen) atoms. The van der Waals surface area contributed by atoms with Gasteiger partial charge in [-0.2, -0.15) is 0 Å². The molecule has 0 radical (unpaired) electrons. The minimum atomic E-state index is -0.104. The van der Waals surface area contributed by atoms with E-state index in [-0.39, 0.29) is 35.8 Å². The van der Waals surface area contributed by atoms with Crippen LogP contribution in [-0.2, 0) is 20.9 Å². The van der Waals surface area contributed by atoms with Crippen LogP contribution in [-0.4, -0.2) is 71.0 Å². The zero-order chi connectivity index (χ0) is 20.4. The number of carbonyl (C=O) groups is 2. The van der Waals surface area contributed by atoms with Gasteiger partial charge in [-0.15, -0.1) is 11.3 Å². The highest BCUT2D eigenvalue weighted by molar-refractivity contribution is 7.07. The number of nitrogens with one attached hydrogen (secondary N) is 1. The van der Waals surface area contributed by atoms with Gasteiger partial charge in [0, 0.05) is 56.0 Å². The number of hydrogen-bond acceptors (Lipinski definition) is 6. The number of amides is 2. The average Bonchev–Trinajstić information content (AvgIpc) is 3.08. The third kappa shape index (κ3) is 4.81. The summed E-state index contributed by atoms with van der Waals surface area (Å²) in [6.45, 7) is 7.74. The fraction of sp³-hybridized carbons (Fsp3) is 0.762. The first kappa shape index (κ1) is 20.8. The summed E-state index contributed by atoms with van der Waals surface area (Å²) >= 11 is 1.61. The van der Waals surface area contributed by atoms with Crippen LogP contribution in [0.3, 0.4) is 0 Å². The van der Waals surface area contributed by atoms with Crippen molar-refractivity contribution in [3.05, 3.63) is 16.6 Å². The number of carbonyl (C=O) groups excluding carboxylic acids is 2. The number of likely N-dealkylation sites (tertiary alicyclic amines) is 1. The highest BCUT2D eigenvalue weighted by Gasteiger charge is 2.51. The monoisotopic (exact) mass is 420 g/mol. The molecule has 0 aromatic carbocycles. The lowest BCUT2D eigenvalue weighted by Crippen LogP contribution is -2.37. The van der Waals surface area contributed by atoms with Crippen molar-refractivity contribution in [2.24, 2.45) is 11.8 Å². The van der Waals surface area contributed by atoms with Crippen molar-refractivity contribution in [3.8, 4) is 0 Å². The van der Waals surface area contributed by atoms with Crippen molar-refractivity contribution in [2.75, 3.05) is 26.2 Å². The normalized spacial score (nSPS) is 29.0. The molecule has 1 N–H and O–H groups in total. The van der Waals surface area contributed by atoms with Crippen molar-refractivity contribution in [3.63, 3.8) is 0 Å². The van der Waals surface area contributed by atoms with Crippen LogP contribution in [0.2, 0.25) is 0 Å². The summed E-state index contributed by atoms with van der Waals surface area (Å²) < 4.78 is 6.15. The van der Waals surface area contributed by atoms with E-state index < -0.39 is 0 Å². The van der Waals surface area contributed by atoms with E-state index in [2.05, 4.69) is 20.6 Å². The van der Waals surface area contributed by atoms with Gasteiger partial charge in [0.15, 0.2) is 0 Å². The summed E-state index contributed by atoms with van der Waals surface area (Å²) in [6, 6.07) is 0.635. The lowest BCUT2D eigenvalue weighted by Gasteiger charge is -2.26. The SMILES string of the molecule is CCN(CC)C(=O)C[C@@H]1OC[C@@H]2[C@H]1[C@H](CC(=O)NC1CC1)CN2Cc1cscn1. The van der Waals surface area contributed by atoms with Gasteiger partial charge in [0.1, 0.15) is 0 Å². The molecule has 1 aromatic heterocycles. The lowest BCUT2D eigenvalue weighted by atomic mass is 9.84. The van der Waals surface area contributed by atoms with E-state index in [0.29, 0.717) is 25.5 Å². The second kappa shape index (κ2) is 9.10. The highest BCUT2D eigenvalue weighted by Crippen LogP contribution is 2.42. The summed E-state index contributed by atoms with van der Waals surface area (Å²) in [7, 11) is 0. The summed E-state index contributed by atoms with van der Waals surface area (Å²) in [4.78, 5) is 34.0. The molecule has 8 heteroatoms. The fourth-order valence-electron chi connectivity index (χ4n) is 4.95. The molecule has 1 saturated carbocycles. The van der Waals surface area contributed by atoms with Crippen LogP contribution >= 0.6 is 11.3 Å². The Balaban J connectivity index is 1.45. The van der Waals surface area contributed by atoms with Gasteiger partial charge in [-0.05, 0) is 32.6 Å². The van der Waals surface area contributed by atoms with Gasteiger partial charge in [-0.3, -0.25) is 14.5 Å². The molecule has 160 valence electrons. The molecule has 0 spiro atoms. The van der Waals surface area contributed by atoms with Crippen molar-refractivity contribution in [1.29, 1.82) is 0 Å². The molecule has 2 saturated heterocycles. The Morgan fingerprint density at radius 1 is 1.31 bits per heavy atom. The van der Waals surface area contributed by atoms with Gasteiger partial charge in [-0.25, -0.2) is 4.98 Å². The predicted molar refractivity (Wildman–Crippen MR) is 111 cm³/mol. The molecule has 3 aliphatic rings. The van der Waals surface area contributed by atoms with E-state index in [4.69, 9.17) is 4.74 Å². The fourth-order valence-corrected chi connectivity index (χ4v) is 5.50. The second-order valence-electron chi connectivity index (χ2n) is 8.50. The van der Waals surface area contributed by atoms with E-state index in [0.717, 1.165) is 44.7 Å². The number of aromatic nitrogens is 1. The van der Waals surface area contributed by atoms with Gasteiger partial charge in [0.2, 0.25) is 11.8 Å². The predicted octanol–water partition coefficient (Wildman–Crippen LogP) is 1.89. The quantitative estimate of drug-likeness (QED) is 0.660. The Morgan fingerprint density at radius 3 is 2.76 bits per heavy atom. The van der Waals surface area contributed by atoms with E-state index in [1.807, 2.05) is 24.3 Å². The van der Waals surface area contributed by atoms with Crippen LogP contribution in [0.15, 0.2) is 10.9 Å². The largest absolute Gasteiger partial charge is 0.376 e. The lowest BCUT2D eigenvalue weighted by molar-refractivity contribution is -0.133. The number of hydrogen-bond donors (Lipinski definition) is 1. The number of rotatable bonds is 9. The number of thiazole rings is 1. The molecule has 4 rings (SSSR count). The van der Waals surface area contributed by atoms with Crippen LogP contribution in [0.1, 0.15) is 45.2 Å². The van der Waals surface area contributed by atoms with Gasteiger partial charge in [0.05, 0.1) is 30.3 Å². The zero-order valence-electron chi connectivity index (χ0n) is 17.4. The minimum Gasteiger partial charge on any atom is -0.376 e. The van der Waals surface area contributed by atoms with E-state index >= 15 is 0 Å². The Kier molecular flexibility index (Phi) is 6.51. The zero-order valence-corrected chi connectivity index (χ0v) is 18.2. The Bertz CT molecular complexity index is 705. The summed E-state index contributed by atoms with van der Waals surface area (Å²) in [6.07, 6.45) is 3.02. The first-order chi connectivity index (χ1) is 14.1. The van der Waals surface area contributed by atoms with E-state index in [1.54, 1.807) is 11.3 Å². The van der Waals surface area contributed by atoms with Crippen LogP contribution in [0, 0.1) is 11.8 Å². The second-order valence-corrected chi connectivity index (χ2v) is 9.22. The summed E-state index contributed by atoms with van der Waals surface area (Å²) in [5.41, 5.74) is 2.93. The van der Waals surface area contributed by atoms with Crippen molar-refractivity contribution >= 4 is 23.2 Å².